The van der Waals surface area contributed by atoms with Crippen LogP contribution < -0.4 is 17.0 Å². The van der Waals surface area contributed by atoms with E-state index in [1.165, 1.54) is 10.7 Å². The number of nitrogens with one attached hydrogen (secondary N) is 1. The molecule has 6 heteroatoms. The number of H-pyrrole nitrogens is 1. The van der Waals surface area contributed by atoms with Crippen molar-refractivity contribution < 1.29 is 0 Å². The molecule has 1 aromatic rings. The third kappa shape index (κ3) is 1.88. The van der Waals surface area contributed by atoms with Crippen molar-refractivity contribution in [2.75, 3.05) is 0 Å². The van der Waals surface area contributed by atoms with E-state index in [-0.39, 0.29) is 11.5 Å². The first-order valence-corrected chi connectivity index (χ1v) is 3.40. The summed E-state index contributed by atoms with van der Waals surface area (Å²) < 4.78 is 1.36. The quantitative estimate of drug-likeness (QED) is 0.370. The van der Waals surface area contributed by atoms with Gasteiger partial charge in [0.25, 0.3) is 5.56 Å². The predicted octanol–water partition coefficient (Wildman–Crippen LogP) is -1.51. The van der Waals surface area contributed by atoms with Crippen molar-refractivity contribution in [3.63, 3.8) is 0 Å². The molecule has 5 N–H and O–H groups in total. The molecule has 0 radical (unpaired) electrons. The van der Waals surface area contributed by atoms with Crippen molar-refractivity contribution in [3.05, 3.63) is 22.1 Å². The van der Waals surface area contributed by atoms with Gasteiger partial charge >= 0.3 is 0 Å². The van der Waals surface area contributed by atoms with E-state index < -0.39 is 0 Å². The number of aromatic amines is 1. The second kappa shape index (κ2) is 3.12. The Balaban J connectivity index is 2.78. The van der Waals surface area contributed by atoms with Gasteiger partial charge in [-0.05, 0) is 0 Å². The van der Waals surface area contributed by atoms with Gasteiger partial charge in [0.2, 0.25) is 0 Å². The molecule has 0 fully saturated rings. The van der Waals surface area contributed by atoms with Crippen LogP contribution in [0.1, 0.15) is 5.69 Å². The third-order valence-electron chi connectivity index (χ3n) is 1.37. The first-order chi connectivity index (χ1) is 5.59. The normalized spacial score (nSPS) is 9.75. The van der Waals surface area contributed by atoms with E-state index in [0.29, 0.717) is 12.2 Å². The first-order valence-electron chi connectivity index (χ1n) is 3.40. The third-order valence-corrected chi connectivity index (χ3v) is 1.37. The van der Waals surface area contributed by atoms with Gasteiger partial charge in [-0.25, -0.2) is 4.99 Å². The van der Waals surface area contributed by atoms with Gasteiger partial charge in [0, 0.05) is 13.1 Å². The van der Waals surface area contributed by atoms with E-state index in [9.17, 15) is 4.79 Å². The summed E-state index contributed by atoms with van der Waals surface area (Å²) in [5, 5.41) is 2.79. The molecule has 0 aliphatic rings. The molecule has 0 aromatic carbocycles. The van der Waals surface area contributed by atoms with Crippen LogP contribution in [0.25, 0.3) is 0 Å². The minimum absolute atomic E-state index is 0.0136. The molecule has 0 saturated heterocycles. The Bertz CT molecular complexity index is 343. The zero-order valence-electron chi connectivity index (χ0n) is 6.74. The molecule has 0 amide bonds. The molecule has 1 rings (SSSR count). The SMILES string of the molecule is Cn1[nH]c(CN=C(N)N)cc1=O. The highest BCUT2D eigenvalue weighted by Gasteiger charge is 1.97. The fourth-order valence-electron chi connectivity index (χ4n) is 0.806. The van der Waals surface area contributed by atoms with Crippen molar-refractivity contribution in [1.82, 2.24) is 9.78 Å². The van der Waals surface area contributed by atoms with Gasteiger partial charge in [0.1, 0.15) is 0 Å². The maximum atomic E-state index is 10.9. The summed E-state index contributed by atoms with van der Waals surface area (Å²) in [6.45, 7) is 0.304. The summed E-state index contributed by atoms with van der Waals surface area (Å²) in [4.78, 5) is 14.6. The highest BCUT2D eigenvalue weighted by molar-refractivity contribution is 5.75. The molecule has 12 heavy (non-hydrogen) atoms. The lowest BCUT2D eigenvalue weighted by molar-refractivity contribution is 0.720. The van der Waals surface area contributed by atoms with Crippen LogP contribution in [0, 0.1) is 0 Å². The van der Waals surface area contributed by atoms with Crippen molar-refractivity contribution in [1.29, 1.82) is 0 Å². The van der Waals surface area contributed by atoms with Crippen LogP contribution in [-0.2, 0) is 13.6 Å². The fourth-order valence-corrected chi connectivity index (χ4v) is 0.806. The summed E-state index contributed by atoms with van der Waals surface area (Å²) >= 11 is 0. The van der Waals surface area contributed by atoms with Crippen LogP contribution in [0.15, 0.2) is 15.9 Å². The fraction of sp³-hybridized carbons (Fsp3) is 0.333. The Morgan fingerprint density at radius 2 is 2.42 bits per heavy atom. The number of hydrogen-bond acceptors (Lipinski definition) is 2. The standard InChI is InChI=1S/C6H11N5O/c1-11-5(12)2-4(10-11)3-9-6(7)8/h2,10H,3H2,1H3,(H4,7,8,9). The van der Waals surface area contributed by atoms with Gasteiger partial charge in [-0.3, -0.25) is 14.6 Å². The van der Waals surface area contributed by atoms with E-state index >= 15 is 0 Å². The van der Waals surface area contributed by atoms with Crippen LogP contribution in [0.4, 0.5) is 0 Å². The number of rotatable bonds is 2. The zero-order chi connectivity index (χ0) is 9.14. The topological polar surface area (TPSA) is 102 Å². The Kier molecular flexibility index (Phi) is 2.18. The van der Waals surface area contributed by atoms with E-state index in [2.05, 4.69) is 10.1 Å². The van der Waals surface area contributed by atoms with Crippen LogP contribution >= 0.6 is 0 Å². The molecule has 0 unspecified atom stereocenters. The van der Waals surface area contributed by atoms with Crippen LogP contribution in [0.3, 0.4) is 0 Å². The molecule has 6 nitrogen and oxygen atoms in total. The molecule has 0 saturated carbocycles. The molecule has 0 atom stereocenters. The van der Waals surface area contributed by atoms with Gasteiger partial charge < -0.3 is 11.5 Å². The molecule has 66 valence electrons. The summed E-state index contributed by atoms with van der Waals surface area (Å²) in [6, 6.07) is 1.45. The van der Waals surface area contributed by atoms with Gasteiger partial charge in [0.15, 0.2) is 5.96 Å². The zero-order valence-corrected chi connectivity index (χ0v) is 6.74. The maximum absolute atomic E-state index is 10.9. The van der Waals surface area contributed by atoms with E-state index in [1.54, 1.807) is 7.05 Å². The highest BCUT2D eigenvalue weighted by Crippen LogP contribution is 1.90. The van der Waals surface area contributed by atoms with E-state index in [0.717, 1.165) is 0 Å². The molecule has 1 aromatic heterocycles. The number of hydrogen-bond donors (Lipinski definition) is 3. The van der Waals surface area contributed by atoms with Gasteiger partial charge in [0.05, 0.1) is 12.2 Å². The van der Waals surface area contributed by atoms with Gasteiger partial charge in [-0.15, -0.1) is 0 Å². The predicted molar refractivity (Wildman–Crippen MR) is 45.5 cm³/mol. The van der Waals surface area contributed by atoms with Gasteiger partial charge in [-0.1, -0.05) is 0 Å². The summed E-state index contributed by atoms with van der Waals surface area (Å²) in [7, 11) is 1.63. The smallest absolute Gasteiger partial charge is 0.266 e. The maximum Gasteiger partial charge on any atom is 0.266 e. The lowest BCUT2D eigenvalue weighted by Gasteiger charge is -1.91. The molecule has 0 spiro atoms. The number of guanidine groups is 1. The van der Waals surface area contributed by atoms with Crippen molar-refractivity contribution in [3.8, 4) is 0 Å². The Hall–Kier alpha value is -1.72. The van der Waals surface area contributed by atoms with Crippen LogP contribution in [0.5, 0.6) is 0 Å². The largest absolute Gasteiger partial charge is 0.370 e. The molecule has 0 aliphatic heterocycles. The number of aliphatic imine (C=N–C) groups is 1. The Morgan fingerprint density at radius 1 is 1.75 bits per heavy atom. The minimum atomic E-state index is -0.101. The molecule has 0 bridgehead atoms. The second-order valence-electron chi connectivity index (χ2n) is 2.42. The van der Waals surface area contributed by atoms with Crippen molar-refractivity contribution >= 4 is 5.96 Å². The summed E-state index contributed by atoms with van der Waals surface area (Å²) in [5.41, 5.74) is 10.8. The number of nitrogens with two attached hydrogens (primary N) is 2. The molecule has 0 aliphatic carbocycles. The number of aryl methyl sites for hydroxylation is 1. The van der Waals surface area contributed by atoms with E-state index in [1.807, 2.05) is 0 Å². The lowest BCUT2D eigenvalue weighted by Crippen LogP contribution is -2.22. The highest BCUT2D eigenvalue weighted by atomic mass is 16.1. The van der Waals surface area contributed by atoms with Crippen LogP contribution in [0.2, 0.25) is 0 Å². The van der Waals surface area contributed by atoms with Crippen molar-refractivity contribution in [2.24, 2.45) is 23.5 Å². The summed E-state index contributed by atoms with van der Waals surface area (Å²) in [6.07, 6.45) is 0. The summed E-state index contributed by atoms with van der Waals surface area (Å²) in [5.74, 6) is 0.0136. The molecular weight excluding hydrogens is 158 g/mol. The first kappa shape index (κ1) is 8.38. The van der Waals surface area contributed by atoms with Gasteiger partial charge in [-0.2, -0.15) is 0 Å². The van der Waals surface area contributed by atoms with E-state index in [4.69, 9.17) is 11.5 Å². The number of aromatic nitrogens is 2. The monoisotopic (exact) mass is 169 g/mol. The van der Waals surface area contributed by atoms with Crippen molar-refractivity contribution in [2.45, 2.75) is 6.54 Å². The Morgan fingerprint density at radius 3 is 2.83 bits per heavy atom. The average Bonchev–Trinajstić information content (AvgIpc) is 2.28. The molecular formula is C6H11N5O. The minimum Gasteiger partial charge on any atom is -0.370 e. The Labute approximate surface area is 68.9 Å². The lowest BCUT2D eigenvalue weighted by atomic mass is 10.4. The van der Waals surface area contributed by atoms with Crippen LogP contribution in [-0.4, -0.2) is 15.7 Å². The molecule has 1 heterocycles. The number of nitrogens with zero attached hydrogens (tertiary/aromatic N) is 2. The average molecular weight is 169 g/mol. The second-order valence-corrected chi connectivity index (χ2v) is 2.42.